The van der Waals surface area contributed by atoms with Crippen molar-refractivity contribution in [3.63, 3.8) is 0 Å². The Hall–Kier alpha value is -1.31. The van der Waals surface area contributed by atoms with Gasteiger partial charge in [-0.15, -0.1) is 0 Å². The summed E-state index contributed by atoms with van der Waals surface area (Å²) in [5.41, 5.74) is 1.09. The van der Waals surface area contributed by atoms with Crippen LogP contribution >= 0.6 is 0 Å². The van der Waals surface area contributed by atoms with Gasteiger partial charge in [0.05, 0.1) is 0 Å². The van der Waals surface area contributed by atoms with Gasteiger partial charge in [-0.3, -0.25) is 4.79 Å². The molecule has 0 N–H and O–H groups in total. The normalized spacial score (nSPS) is 10.9. The minimum absolute atomic E-state index is 0.0873. The zero-order chi connectivity index (χ0) is 9.68. The van der Waals surface area contributed by atoms with Crippen LogP contribution in [-0.2, 0) is 11.3 Å². The van der Waals surface area contributed by atoms with E-state index in [0.29, 0.717) is 0 Å². The molecule has 1 heterocycles. The molecule has 1 aromatic rings. The van der Waals surface area contributed by atoms with Crippen molar-refractivity contribution in [1.82, 2.24) is 4.57 Å². The molecular weight excluding hydrogens is 162 g/mol. The summed E-state index contributed by atoms with van der Waals surface area (Å²) in [6, 6.07) is 4.00. The number of aromatic nitrogens is 1. The van der Waals surface area contributed by atoms with Crippen LogP contribution in [0, 0.1) is 0 Å². The van der Waals surface area contributed by atoms with Crippen molar-refractivity contribution in [2.24, 2.45) is 0 Å². The Bertz CT molecular complexity index is 310. The van der Waals surface area contributed by atoms with Crippen LogP contribution in [0.15, 0.2) is 24.4 Å². The van der Waals surface area contributed by atoms with Crippen LogP contribution in [0.25, 0.3) is 6.08 Å². The monoisotopic (exact) mass is 177 g/mol. The van der Waals surface area contributed by atoms with Crippen LogP contribution in [0.2, 0.25) is 0 Å². The molecule has 2 nitrogen and oxygen atoms in total. The summed E-state index contributed by atoms with van der Waals surface area (Å²) in [5, 5.41) is 0. The van der Waals surface area contributed by atoms with E-state index in [9.17, 15) is 4.79 Å². The van der Waals surface area contributed by atoms with Crippen LogP contribution in [0.5, 0.6) is 0 Å². The van der Waals surface area contributed by atoms with E-state index in [1.54, 1.807) is 13.0 Å². The second-order valence-electron chi connectivity index (χ2n) is 3.07. The summed E-state index contributed by atoms with van der Waals surface area (Å²) in [6.07, 6.45) is 6.60. The smallest absolute Gasteiger partial charge is 0.152 e. The van der Waals surface area contributed by atoms with E-state index in [4.69, 9.17) is 0 Å². The maximum absolute atomic E-state index is 10.7. The highest BCUT2D eigenvalue weighted by Gasteiger charge is 1.94. The maximum Gasteiger partial charge on any atom is 0.152 e. The topological polar surface area (TPSA) is 22.0 Å². The lowest BCUT2D eigenvalue weighted by Gasteiger charge is -2.02. The van der Waals surface area contributed by atoms with E-state index in [0.717, 1.165) is 18.7 Å². The van der Waals surface area contributed by atoms with Crippen molar-refractivity contribution in [3.8, 4) is 0 Å². The average molecular weight is 177 g/mol. The van der Waals surface area contributed by atoms with E-state index in [1.807, 2.05) is 24.4 Å². The fourth-order valence-corrected chi connectivity index (χ4v) is 1.23. The Balaban J connectivity index is 2.75. The number of hydrogen-bond acceptors (Lipinski definition) is 1. The first-order chi connectivity index (χ1) is 6.24. The zero-order valence-corrected chi connectivity index (χ0v) is 8.16. The third-order valence-electron chi connectivity index (χ3n) is 1.82. The zero-order valence-electron chi connectivity index (χ0n) is 8.16. The Morgan fingerprint density at radius 1 is 1.62 bits per heavy atom. The standard InChI is InChI=1S/C11H15NO/c1-3-8-12-9-4-5-11(12)7-6-10(2)13/h4-7,9H,3,8H2,1-2H3. The third kappa shape index (κ3) is 2.90. The number of nitrogens with zero attached hydrogens (tertiary/aromatic N) is 1. The maximum atomic E-state index is 10.7. The van der Waals surface area contributed by atoms with E-state index >= 15 is 0 Å². The van der Waals surface area contributed by atoms with Crippen LogP contribution in [-0.4, -0.2) is 10.4 Å². The molecular formula is C11H15NO. The molecule has 0 aromatic carbocycles. The van der Waals surface area contributed by atoms with Gasteiger partial charge in [0.2, 0.25) is 0 Å². The number of carbonyl (C=O) groups is 1. The van der Waals surface area contributed by atoms with Gasteiger partial charge in [0, 0.05) is 18.4 Å². The van der Waals surface area contributed by atoms with Gasteiger partial charge in [0.15, 0.2) is 5.78 Å². The third-order valence-corrected chi connectivity index (χ3v) is 1.82. The molecule has 13 heavy (non-hydrogen) atoms. The highest BCUT2D eigenvalue weighted by atomic mass is 16.1. The molecule has 0 radical (unpaired) electrons. The van der Waals surface area contributed by atoms with Crippen molar-refractivity contribution in [2.75, 3.05) is 0 Å². The van der Waals surface area contributed by atoms with Crippen molar-refractivity contribution >= 4 is 11.9 Å². The molecule has 1 rings (SSSR count). The predicted octanol–water partition coefficient (Wildman–Crippen LogP) is 2.50. The van der Waals surface area contributed by atoms with Crippen molar-refractivity contribution in [3.05, 3.63) is 30.1 Å². The van der Waals surface area contributed by atoms with Gasteiger partial charge in [-0.25, -0.2) is 0 Å². The lowest BCUT2D eigenvalue weighted by atomic mass is 10.3. The molecule has 0 atom stereocenters. The molecule has 0 bridgehead atoms. The van der Waals surface area contributed by atoms with E-state index in [1.165, 1.54) is 0 Å². The van der Waals surface area contributed by atoms with Crippen molar-refractivity contribution in [1.29, 1.82) is 0 Å². The molecule has 0 fully saturated rings. The minimum Gasteiger partial charge on any atom is -0.348 e. The summed E-state index contributed by atoms with van der Waals surface area (Å²) in [7, 11) is 0. The summed E-state index contributed by atoms with van der Waals surface area (Å²) < 4.78 is 2.14. The molecule has 0 aliphatic heterocycles. The van der Waals surface area contributed by atoms with Gasteiger partial charge < -0.3 is 4.57 Å². The first-order valence-corrected chi connectivity index (χ1v) is 4.58. The lowest BCUT2D eigenvalue weighted by Crippen LogP contribution is -1.96. The summed E-state index contributed by atoms with van der Waals surface area (Å²) in [5.74, 6) is 0.0873. The number of ketones is 1. The molecule has 70 valence electrons. The van der Waals surface area contributed by atoms with Gasteiger partial charge in [0.1, 0.15) is 0 Å². The molecule has 0 saturated heterocycles. The number of hydrogen-bond donors (Lipinski definition) is 0. The predicted molar refractivity (Wildman–Crippen MR) is 54.4 cm³/mol. The SMILES string of the molecule is CCCn1cccc1C=CC(C)=O. The van der Waals surface area contributed by atoms with Crippen LogP contribution in [0.1, 0.15) is 26.0 Å². The Morgan fingerprint density at radius 3 is 3.00 bits per heavy atom. The fraction of sp³-hybridized carbons (Fsp3) is 0.364. The largest absolute Gasteiger partial charge is 0.348 e. The van der Waals surface area contributed by atoms with Crippen LogP contribution in [0.3, 0.4) is 0 Å². The number of rotatable bonds is 4. The molecule has 0 aliphatic rings. The second kappa shape index (κ2) is 4.65. The molecule has 0 spiro atoms. The quantitative estimate of drug-likeness (QED) is 0.648. The van der Waals surface area contributed by atoms with E-state index in [2.05, 4.69) is 11.5 Å². The number of carbonyl (C=O) groups excluding carboxylic acids is 1. The first kappa shape index (κ1) is 9.78. The molecule has 0 aliphatic carbocycles. The van der Waals surface area contributed by atoms with Crippen molar-refractivity contribution < 1.29 is 4.79 Å². The summed E-state index contributed by atoms with van der Waals surface area (Å²) in [4.78, 5) is 10.7. The molecule has 0 amide bonds. The van der Waals surface area contributed by atoms with E-state index < -0.39 is 0 Å². The van der Waals surface area contributed by atoms with Crippen LogP contribution in [0.4, 0.5) is 0 Å². The van der Waals surface area contributed by atoms with Gasteiger partial charge in [-0.05, 0) is 37.6 Å². The second-order valence-corrected chi connectivity index (χ2v) is 3.07. The van der Waals surface area contributed by atoms with Gasteiger partial charge in [-0.1, -0.05) is 6.92 Å². The van der Waals surface area contributed by atoms with Crippen LogP contribution < -0.4 is 0 Å². The Labute approximate surface area is 78.9 Å². The summed E-state index contributed by atoms with van der Waals surface area (Å²) in [6.45, 7) is 4.70. The molecule has 0 saturated carbocycles. The highest BCUT2D eigenvalue weighted by molar-refractivity contribution is 5.91. The molecule has 2 heteroatoms. The number of aryl methyl sites for hydroxylation is 1. The Morgan fingerprint density at radius 2 is 2.38 bits per heavy atom. The average Bonchev–Trinajstić information content (AvgIpc) is 2.49. The van der Waals surface area contributed by atoms with Gasteiger partial charge >= 0.3 is 0 Å². The van der Waals surface area contributed by atoms with Crippen molar-refractivity contribution in [2.45, 2.75) is 26.8 Å². The lowest BCUT2D eigenvalue weighted by molar-refractivity contribution is -0.112. The fourth-order valence-electron chi connectivity index (χ4n) is 1.23. The first-order valence-electron chi connectivity index (χ1n) is 4.58. The van der Waals surface area contributed by atoms with E-state index in [-0.39, 0.29) is 5.78 Å². The summed E-state index contributed by atoms with van der Waals surface area (Å²) >= 11 is 0. The minimum atomic E-state index is 0.0873. The van der Waals surface area contributed by atoms with Gasteiger partial charge in [-0.2, -0.15) is 0 Å². The van der Waals surface area contributed by atoms with Gasteiger partial charge in [0.25, 0.3) is 0 Å². The number of allylic oxidation sites excluding steroid dienone is 1. The Kier molecular flexibility index (Phi) is 3.50. The molecule has 1 aromatic heterocycles. The molecule has 0 unspecified atom stereocenters. The highest BCUT2D eigenvalue weighted by Crippen LogP contribution is 2.05.